The molecule has 1 aromatic carbocycles. The van der Waals surface area contributed by atoms with Gasteiger partial charge in [-0.05, 0) is 24.6 Å². The third-order valence-corrected chi connectivity index (χ3v) is 4.16. The molecule has 0 spiro atoms. The molecule has 2 N–H and O–H groups in total. The number of carbonyl (C=O) groups is 1. The van der Waals surface area contributed by atoms with Gasteiger partial charge in [0.25, 0.3) is 0 Å². The maximum absolute atomic E-state index is 11.5. The van der Waals surface area contributed by atoms with Crippen LogP contribution in [-0.4, -0.2) is 46.7 Å². The fourth-order valence-corrected chi connectivity index (χ4v) is 3.11. The van der Waals surface area contributed by atoms with Crippen LogP contribution < -0.4 is 5.32 Å². The Balaban J connectivity index is 2.05. The molecule has 1 aromatic heterocycles. The molecule has 2 aromatic rings. The van der Waals surface area contributed by atoms with Crippen molar-refractivity contribution in [2.75, 3.05) is 26.2 Å². The molecule has 1 aliphatic rings. The molecule has 0 unspecified atom stereocenters. The van der Waals surface area contributed by atoms with E-state index in [9.17, 15) is 9.90 Å². The zero-order valence-electron chi connectivity index (χ0n) is 12.3. The fraction of sp³-hybridized carbons (Fsp3) is 0.438. The quantitative estimate of drug-likeness (QED) is 0.900. The summed E-state index contributed by atoms with van der Waals surface area (Å²) in [7, 11) is 0. The highest BCUT2D eigenvalue weighted by molar-refractivity contribution is 6.04. The summed E-state index contributed by atoms with van der Waals surface area (Å²) in [5, 5.41) is 13.7. The maximum Gasteiger partial charge on any atom is 0.336 e. The van der Waals surface area contributed by atoms with Crippen molar-refractivity contribution in [1.29, 1.82) is 0 Å². The van der Waals surface area contributed by atoms with Gasteiger partial charge in [-0.1, -0.05) is 6.07 Å². The normalized spacial score (nSPS) is 16.4. The molecule has 5 nitrogen and oxygen atoms in total. The van der Waals surface area contributed by atoms with Crippen molar-refractivity contribution in [2.24, 2.45) is 0 Å². The van der Waals surface area contributed by atoms with Gasteiger partial charge in [-0.15, -0.1) is 0 Å². The standard InChI is InChI=1S/C16H21N3O2/c1-2-19-11-12(10-18-8-6-17-7-9-18)15-13(16(20)21)4-3-5-14(15)19/h3-5,11,17H,2,6-10H2,1H3,(H,20,21). The number of hydrogen-bond donors (Lipinski definition) is 2. The third kappa shape index (κ3) is 2.66. The minimum Gasteiger partial charge on any atom is -0.478 e. The van der Waals surface area contributed by atoms with Gasteiger partial charge in [0, 0.05) is 56.4 Å². The van der Waals surface area contributed by atoms with Gasteiger partial charge in [-0.3, -0.25) is 4.90 Å². The van der Waals surface area contributed by atoms with Crippen molar-refractivity contribution in [3.8, 4) is 0 Å². The SMILES string of the molecule is CCn1cc(CN2CCNCC2)c2c(C(=O)O)cccc21. The zero-order valence-corrected chi connectivity index (χ0v) is 12.3. The number of hydrogen-bond acceptors (Lipinski definition) is 3. The lowest BCUT2D eigenvalue weighted by Gasteiger charge is -2.27. The summed E-state index contributed by atoms with van der Waals surface area (Å²) in [4.78, 5) is 13.9. The van der Waals surface area contributed by atoms with Crippen LogP contribution in [0.15, 0.2) is 24.4 Å². The molecule has 3 rings (SSSR count). The Morgan fingerprint density at radius 2 is 2.10 bits per heavy atom. The van der Waals surface area contributed by atoms with Crippen molar-refractivity contribution in [1.82, 2.24) is 14.8 Å². The van der Waals surface area contributed by atoms with Gasteiger partial charge in [-0.2, -0.15) is 0 Å². The van der Waals surface area contributed by atoms with E-state index in [0.29, 0.717) is 5.56 Å². The van der Waals surface area contributed by atoms with Crippen LogP contribution in [0.4, 0.5) is 0 Å². The highest BCUT2D eigenvalue weighted by Gasteiger charge is 2.18. The number of carboxylic acid groups (broad SMARTS) is 1. The van der Waals surface area contributed by atoms with E-state index in [4.69, 9.17) is 0 Å². The average Bonchev–Trinajstić information content (AvgIpc) is 2.86. The zero-order chi connectivity index (χ0) is 14.8. The number of aromatic carboxylic acids is 1. The monoisotopic (exact) mass is 287 g/mol. The highest BCUT2D eigenvalue weighted by Crippen LogP contribution is 2.26. The van der Waals surface area contributed by atoms with Gasteiger partial charge in [0.05, 0.1) is 5.56 Å². The molecule has 0 amide bonds. The Bertz CT molecular complexity index is 657. The summed E-state index contributed by atoms with van der Waals surface area (Å²) in [5.74, 6) is -0.851. The topological polar surface area (TPSA) is 57.5 Å². The Hall–Kier alpha value is -1.85. The predicted molar refractivity (Wildman–Crippen MR) is 82.7 cm³/mol. The van der Waals surface area contributed by atoms with Crippen molar-refractivity contribution in [3.05, 3.63) is 35.5 Å². The van der Waals surface area contributed by atoms with Crippen molar-refractivity contribution in [3.63, 3.8) is 0 Å². The van der Waals surface area contributed by atoms with Crippen LogP contribution >= 0.6 is 0 Å². The number of nitrogens with one attached hydrogen (secondary N) is 1. The van der Waals surface area contributed by atoms with Gasteiger partial charge < -0.3 is 15.0 Å². The van der Waals surface area contributed by atoms with Crippen LogP contribution in [0.3, 0.4) is 0 Å². The number of benzene rings is 1. The summed E-state index contributed by atoms with van der Waals surface area (Å²) < 4.78 is 2.14. The minimum absolute atomic E-state index is 0.407. The van der Waals surface area contributed by atoms with Gasteiger partial charge in [0.15, 0.2) is 0 Å². The average molecular weight is 287 g/mol. The van der Waals surface area contributed by atoms with Crippen LogP contribution in [0, 0.1) is 0 Å². The van der Waals surface area contributed by atoms with Crippen LogP contribution in [0.2, 0.25) is 0 Å². The number of aromatic nitrogens is 1. The van der Waals surface area contributed by atoms with Gasteiger partial charge in [0.2, 0.25) is 0 Å². The molecule has 1 saturated heterocycles. The van der Waals surface area contributed by atoms with E-state index < -0.39 is 5.97 Å². The Morgan fingerprint density at radius 1 is 1.33 bits per heavy atom. The predicted octanol–water partition coefficient (Wildman–Crippen LogP) is 1.76. The molecule has 1 aliphatic heterocycles. The van der Waals surface area contributed by atoms with Crippen molar-refractivity contribution >= 4 is 16.9 Å². The third-order valence-electron chi connectivity index (χ3n) is 4.16. The molecule has 21 heavy (non-hydrogen) atoms. The first-order valence-electron chi connectivity index (χ1n) is 7.47. The lowest BCUT2D eigenvalue weighted by atomic mass is 10.1. The van der Waals surface area contributed by atoms with E-state index in [1.807, 2.05) is 12.1 Å². The van der Waals surface area contributed by atoms with Crippen LogP contribution in [0.1, 0.15) is 22.8 Å². The first-order valence-corrected chi connectivity index (χ1v) is 7.47. The van der Waals surface area contributed by atoms with Crippen LogP contribution in [0.5, 0.6) is 0 Å². The Morgan fingerprint density at radius 3 is 2.76 bits per heavy atom. The number of piperazine rings is 1. The molecule has 0 radical (unpaired) electrons. The molecule has 0 aliphatic carbocycles. The second-order valence-electron chi connectivity index (χ2n) is 5.47. The molecular formula is C16H21N3O2. The number of nitrogens with zero attached hydrogens (tertiary/aromatic N) is 2. The van der Waals surface area contributed by atoms with E-state index >= 15 is 0 Å². The summed E-state index contributed by atoms with van der Waals surface area (Å²) in [6, 6.07) is 5.53. The number of aryl methyl sites for hydroxylation is 1. The largest absolute Gasteiger partial charge is 0.478 e. The molecule has 0 bridgehead atoms. The molecular weight excluding hydrogens is 266 g/mol. The van der Waals surface area contributed by atoms with E-state index in [2.05, 4.69) is 27.9 Å². The smallest absolute Gasteiger partial charge is 0.336 e. The van der Waals surface area contributed by atoms with Gasteiger partial charge in [-0.25, -0.2) is 4.79 Å². The number of rotatable bonds is 4. The Labute approximate surface area is 124 Å². The number of carboxylic acids is 1. The Kier molecular flexibility index (Phi) is 3.94. The lowest BCUT2D eigenvalue weighted by molar-refractivity contribution is 0.0699. The maximum atomic E-state index is 11.5. The summed E-state index contributed by atoms with van der Waals surface area (Å²) >= 11 is 0. The molecule has 0 saturated carbocycles. The molecule has 2 heterocycles. The fourth-order valence-electron chi connectivity index (χ4n) is 3.11. The van der Waals surface area contributed by atoms with Crippen LogP contribution in [-0.2, 0) is 13.1 Å². The molecule has 0 atom stereocenters. The lowest BCUT2D eigenvalue weighted by Crippen LogP contribution is -2.42. The molecule has 112 valence electrons. The highest BCUT2D eigenvalue weighted by atomic mass is 16.4. The van der Waals surface area contributed by atoms with Crippen LogP contribution in [0.25, 0.3) is 10.9 Å². The summed E-state index contributed by atoms with van der Waals surface area (Å²) in [6.45, 7) is 7.76. The summed E-state index contributed by atoms with van der Waals surface area (Å²) in [6.07, 6.45) is 2.11. The van der Waals surface area contributed by atoms with Gasteiger partial charge in [0.1, 0.15) is 0 Å². The van der Waals surface area contributed by atoms with E-state index in [1.54, 1.807) is 6.07 Å². The molecule has 1 fully saturated rings. The minimum atomic E-state index is -0.851. The van der Waals surface area contributed by atoms with E-state index in [0.717, 1.165) is 55.7 Å². The second kappa shape index (κ2) is 5.87. The van der Waals surface area contributed by atoms with Gasteiger partial charge >= 0.3 is 5.97 Å². The summed E-state index contributed by atoms with van der Waals surface area (Å²) in [5.41, 5.74) is 2.54. The first kappa shape index (κ1) is 14.1. The second-order valence-corrected chi connectivity index (χ2v) is 5.47. The van der Waals surface area contributed by atoms with Crippen molar-refractivity contribution < 1.29 is 9.90 Å². The number of fused-ring (bicyclic) bond motifs is 1. The first-order chi connectivity index (χ1) is 10.2. The molecule has 5 heteroatoms. The van der Waals surface area contributed by atoms with E-state index in [-0.39, 0.29) is 0 Å². The van der Waals surface area contributed by atoms with Crippen molar-refractivity contribution in [2.45, 2.75) is 20.0 Å². The van der Waals surface area contributed by atoms with E-state index in [1.165, 1.54) is 0 Å².